The zero-order chi connectivity index (χ0) is 18.6. The van der Waals surface area contributed by atoms with Crippen LogP contribution in [-0.4, -0.2) is 47.7 Å². The highest BCUT2D eigenvalue weighted by molar-refractivity contribution is 5.58. The van der Waals surface area contributed by atoms with E-state index >= 15 is 0 Å². The van der Waals surface area contributed by atoms with Gasteiger partial charge in [0.05, 0.1) is 19.1 Å². The van der Waals surface area contributed by atoms with Crippen LogP contribution in [0.25, 0.3) is 11.6 Å². The van der Waals surface area contributed by atoms with Gasteiger partial charge in [0.2, 0.25) is 0 Å². The molecule has 1 aliphatic rings. The number of hydrogen-bond donors (Lipinski definition) is 0. The van der Waals surface area contributed by atoms with Crippen molar-refractivity contribution < 1.29 is 9.15 Å². The summed E-state index contributed by atoms with van der Waals surface area (Å²) in [4.78, 5) is 13.7. The van der Waals surface area contributed by atoms with E-state index in [1.165, 1.54) is 0 Å². The topological polar surface area (TPSA) is 54.6 Å². The van der Waals surface area contributed by atoms with Gasteiger partial charge in [-0.1, -0.05) is 12.1 Å². The van der Waals surface area contributed by atoms with Gasteiger partial charge in [-0.2, -0.15) is 0 Å². The number of aromatic nitrogens is 2. The molecule has 0 unspecified atom stereocenters. The minimum Gasteiger partial charge on any atom is -0.495 e. The number of methoxy groups -OCH3 is 1. The largest absolute Gasteiger partial charge is 0.495 e. The lowest BCUT2D eigenvalue weighted by Gasteiger charge is -2.41. The Labute approximate surface area is 159 Å². The first-order valence-corrected chi connectivity index (χ1v) is 9.21. The molecule has 1 atom stereocenters. The van der Waals surface area contributed by atoms with Crippen LogP contribution in [0.3, 0.4) is 0 Å². The van der Waals surface area contributed by atoms with Crippen molar-refractivity contribution in [1.82, 2.24) is 14.9 Å². The summed E-state index contributed by atoms with van der Waals surface area (Å²) < 4.78 is 10.9. The Balaban J connectivity index is 1.40. The minimum absolute atomic E-state index is 0.424. The molecule has 1 fully saturated rings. The van der Waals surface area contributed by atoms with Gasteiger partial charge in [-0.3, -0.25) is 4.90 Å². The van der Waals surface area contributed by atoms with Crippen LogP contribution in [0.2, 0.25) is 0 Å². The first-order valence-electron chi connectivity index (χ1n) is 9.21. The van der Waals surface area contributed by atoms with Crippen LogP contribution in [0.1, 0.15) is 12.5 Å². The summed E-state index contributed by atoms with van der Waals surface area (Å²) >= 11 is 0. The number of rotatable bonds is 5. The molecule has 6 heteroatoms. The summed E-state index contributed by atoms with van der Waals surface area (Å²) in [7, 11) is 1.73. The highest BCUT2D eigenvalue weighted by Crippen LogP contribution is 2.29. The van der Waals surface area contributed by atoms with E-state index in [-0.39, 0.29) is 0 Å². The van der Waals surface area contributed by atoms with Gasteiger partial charge in [0.15, 0.2) is 11.6 Å². The number of ether oxygens (including phenoxy) is 1. The average Bonchev–Trinajstić information content (AvgIpc) is 3.25. The van der Waals surface area contributed by atoms with Crippen molar-refractivity contribution >= 4 is 5.69 Å². The van der Waals surface area contributed by atoms with E-state index in [0.29, 0.717) is 17.6 Å². The van der Waals surface area contributed by atoms with Crippen LogP contribution >= 0.6 is 0 Å². The van der Waals surface area contributed by atoms with E-state index in [1.807, 2.05) is 36.7 Å². The highest BCUT2D eigenvalue weighted by atomic mass is 16.5. The lowest BCUT2D eigenvalue weighted by molar-refractivity contribution is 0.180. The Morgan fingerprint density at radius 3 is 2.63 bits per heavy atom. The predicted molar refractivity (Wildman–Crippen MR) is 105 cm³/mol. The molecule has 0 amide bonds. The molecular formula is C21H24N4O2. The fraction of sp³-hybridized carbons (Fsp3) is 0.333. The van der Waals surface area contributed by atoms with Crippen molar-refractivity contribution in [3.63, 3.8) is 0 Å². The van der Waals surface area contributed by atoms with Gasteiger partial charge in [-0.15, -0.1) is 0 Å². The number of benzene rings is 1. The maximum absolute atomic E-state index is 5.52. The molecule has 0 bridgehead atoms. The lowest BCUT2D eigenvalue weighted by Crippen LogP contribution is -2.51. The summed E-state index contributed by atoms with van der Waals surface area (Å²) in [6, 6.07) is 12.4. The van der Waals surface area contributed by atoms with Crippen LogP contribution in [-0.2, 0) is 6.54 Å². The van der Waals surface area contributed by atoms with E-state index in [1.54, 1.807) is 13.4 Å². The van der Waals surface area contributed by atoms with E-state index in [0.717, 1.165) is 43.2 Å². The smallest absolute Gasteiger partial charge is 0.195 e. The molecule has 4 rings (SSSR count). The van der Waals surface area contributed by atoms with Crippen LogP contribution < -0.4 is 9.64 Å². The third-order valence-electron chi connectivity index (χ3n) is 5.02. The van der Waals surface area contributed by atoms with Crippen molar-refractivity contribution in [2.45, 2.75) is 19.5 Å². The Kier molecular flexibility index (Phi) is 5.07. The molecule has 3 aromatic rings. The molecule has 2 aromatic heterocycles. The average molecular weight is 364 g/mol. The molecule has 1 aromatic carbocycles. The number of nitrogens with zero attached hydrogens (tertiary/aromatic N) is 4. The molecule has 0 radical (unpaired) electrons. The first kappa shape index (κ1) is 17.5. The highest BCUT2D eigenvalue weighted by Gasteiger charge is 2.25. The molecule has 6 nitrogen and oxygen atoms in total. The fourth-order valence-electron chi connectivity index (χ4n) is 3.54. The molecule has 1 saturated heterocycles. The van der Waals surface area contributed by atoms with E-state index < -0.39 is 0 Å². The van der Waals surface area contributed by atoms with Crippen molar-refractivity contribution in [3.05, 3.63) is 60.6 Å². The monoisotopic (exact) mass is 364 g/mol. The molecule has 1 aliphatic heterocycles. The molecular weight excluding hydrogens is 340 g/mol. The Hall–Kier alpha value is -2.86. The van der Waals surface area contributed by atoms with Crippen LogP contribution in [0.15, 0.2) is 59.5 Å². The minimum atomic E-state index is 0.424. The Morgan fingerprint density at radius 2 is 1.93 bits per heavy atom. The summed E-state index contributed by atoms with van der Waals surface area (Å²) in [5.74, 6) is 2.25. The standard InChI is InChI=1S/C21H24N4O2/c1-16-14-25(18-6-3-4-7-19(18)26-2)10-9-24(16)15-17-12-22-21(23-13-17)20-8-5-11-27-20/h3-8,11-13,16H,9-10,14-15H2,1-2H3/t16-/m1/s1. The number of anilines is 1. The van der Waals surface area contributed by atoms with Gasteiger partial charge in [0.25, 0.3) is 0 Å². The quantitative estimate of drug-likeness (QED) is 0.691. The van der Waals surface area contributed by atoms with Gasteiger partial charge < -0.3 is 14.1 Å². The van der Waals surface area contributed by atoms with Crippen molar-refractivity contribution in [2.24, 2.45) is 0 Å². The lowest BCUT2D eigenvalue weighted by atomic mass is 10.1. The van der Waals surface area contributed by atoms with E-state index in [2.05, 4.69) is 38.8 Å². The third-order valence-corrected chi connectivity index (χ3v) is 5.02. The third kappa shape index (κ3) is 3.80. The maximum atomic E-state index is 5.52. The van der Waals surface area contributed by atoms with E-state index in [9.17, 15) is 0 Å². The second-order valence-electron chi connectivity index (χ2n) is 6.83. The Bertz CT molecular complexity index is 864. The molecule has 27 heavy (non-hydrogen) atoms. The van der Waals surface area contributed by atoms with Crippen molar-refractivity contribution in [3.8, 4) is 17.3 Å². The molecule has 3 heterocycles. The second-order valence-corrected chi connectivity index (χ2v) is 6.83. The van der Waals surface area contributed by atoms with Gasteiger partial charge >= 0.3 is 0 Å². The van der Waals surface area contributed by atoms with Gasteiger partial charge in [0.1, 0.15) is 5.75 Å². The molecule has 0 aliphatic carbocycles. The van der Waals surface area contributed by atoms with Gasteiger partial charge in [-0.05, 0) is 31.2 Å². The predicted octanol–water partition coefficient (Wildman–Crippen LogP) is 3.46. The van der Waals surface area contributed by atoms with Crippen molar-refractivity contribution in [1.29, 1.82) is 0 Å². The summed E-state index contributed by atoms with van der Waals surface area (Å²) in [5, 5.41) is 0. The van der Waals surface area contributed by atoms with Crippen LogP contribution in [0.5, 0.6) is 5.75 Å². The molecule has 0 saturated carbocycles. The normalized spacial score (nSPS) is 17.9. The fourth-order valence-corrected chi connectivity index (χ4v) is 3.54. The summed E-state index contributed by atoms with van der Waals surface area (Å²) in [5.41, 5.74) is 2.28. The zero-order valence-electron chi connectivity index (χ0n) is 15.7. The van der Waals surface area contributed by atoms with Gasteiger partial charge in [0, 0.05) is 50.2 Å². The molecule has 140 valence electrons. The number of hydrogen-bond acceptors (Lipinski definition) is 6. The van der Waals surface area contributed by atoms with Crippen molar-refractivity contribution in [2.75, 3.05) is 31.6 Å². The van der Waals surface area contributed by atoms with Gasteiger partial charge in [-0.25, -0.2) is 9.97 Å². The molecule has 0 spiro atoms. The number of furan rings is 1. The summed E-state index contributed by atoms with van der Waals surface area (Å²) in [6.45, 7) is 6.03. The SMILES string of the molecule is COc1ccccc1N1CCN(Cc2cnc(-c3ccco3)nc2)[C@H](C)C1. The maximum Gasteiger partial charge on any atom is 0.195 e. The van der Waals surface area contributed by atoms with Crippen LogP contribution in [0.4, 0.5) is 5.69 Å². The zero-order valence-corrected chi connectivity index (χ0v) is 15.7. The van der Waals surface area contributed by atoms with Crippen LogP contribution in [0, 0.1) is 0 Å². The first-order chi connectivity index (χ1) is 13.2. The Morgan fingerprint density at radius 1 is 1.11 bits per heavy atom. The summed E-state index contributed by atoms with van der Waals surface area (Å²) in [6.07, 6.45) is 5.42. The molecule has 0 N–H and O–H groups in total. The second kappa shape index (κ2) is 7.80. The number of piperazine rings is 1. The van der Waals surface area contributed by atoms with E-state index in [4.69, 9.17) is 9.15 Å². The number of para-hydroxylation sites is 2.